The van der Waals surface area contributed by atoms with Gasteiger partial charge in [0.05, 0.1) is 6.54 Å². The second-order valence-electron chi connectivity index (χ2n) is 5.45. The molecule has 2 rings (SSSR count). The number of halogens is 1. The zero-order valence-electron chi connectivity index (χ0n) is 11.6. The summed E-state index contributed by atoms with van der Waals surface area (Å²) in [5.41, 5.74) is 0.496. The topological polar surface area (TPSA) is 23.6 Å². The second-order valence-corrected chi connectivity index (χ2v) is 5.45. The normalized spacial score (nSPS) is 20.1. The first-order valence-corrected chi connectivity index (χ1v) is 6.70. The fraction of sp³-hybridized carbons (Fsp3) is 0.533. The summed E-state index contributed by atoms with van der Waals surface area (Å²) in [6, 6.07) is 7.02. The Bertz CT molecular complexity index is 448. The Morgan fingerprint density at radius 3 is 2.79 bits per heavy atom. The van der Waals surface area contributed by atoms with Gasteiger partial charge < -0.3 is 4.90 Å². The van der Waals surface area contributed by atoms with E-state index < -0.39 is 0 Å². The van der Waals surface area contributed by atoms with Crippen molar-refractivity contribution in [3.63, 3.8) is 0 Å². The quantitative estimate of drug-likeness (QED) is 0.806. The third-order valence-corrected chi connectivity index (χ3v) is 3.72. The van der Waals surface area contributed by atoms with Gasteiger partial charge in [-0.3, -0.25) is 9.69 Å². The number of nitrogens with zero attached hydrogens (tertiary/aromatic N) is 2. The lowest BCUT2D eigenvalue weighted by Crippen LogP contribution is -2.34. The average Bonchev–Trinajstić information content (AvgIpc) is 2.80. The molecule has 0 saturated carbocycles. The summed E-state index contributed by atoms with van der Waals surface area (Å²) < 4.78 is 13.5. The van der Waals surface area contributed by atoms with Crippen LogP contribution in [0.15, 0.2) is 24.3 Å². The Morgan fingerprint density at radius 1 is 1.42 bits per heavy atom. The number of Topliss-reactive ketones (excluding diaryl/α,β-unsaturated/α-hetero) is 1. The largest absolute Gasteiger partial charge is 0.305 e. The molecule has 0 spiro atoms. The van der Waals surface area contributed by atoms with E-state index in [2.05, 4.69) is 23.9 Å². The number of hydrogen-bond donors (Lipinski definition) is 0. The molecule has 0 radical (unpaired) electrons. The summed E-state index contributed by atoms with van der Waals surface area (Å²) in [5, 5.41) is 0. The number of carbonyl (C=O) groups excluding carboxylic acids is 1. The molecule has 1 heterocycles. The minimum atomic E-state index is -0.288. The molecule has 19 heavy (non-hydrogen) atoms. The molecule has 1 saturated heterocycles. The van der Waals surface area contributed by atoms with Crippen LogP contribution in [0.25, 0.3) is 0 Å². The van der Waals surface area contributed by atoms with Gasteiger partial charge in [0.25, 0.3) is 0 Å². The summed E-state index contributed by atoms with van der Waals surface area (Å²) in [6.07, 6.45) is 1.29. The molecule has 1 atom stereocenters. The molecule has 1 aliphatic rings. The number of carbonyl (C=O) groups is 1. The maximum atomic E-state index is 13.5. The van der Waals surface area contributed by atoms with Crippen LogP contribution in [0.2, 0.25) is 0 Å². The van der Waals surface area contributed by atoms with Crippen molar-refractivity contribution in [2.75, 3.05) is 33.7 Å². The van der Waals surface area contributed by atoms with E-state index in [9.17, 15) is 9.18 Å². The van der Waals surface area contributed by atoms with Crippen molar-refractivity contribution in [2.24, 2.45) is 0 Å². The van der Waals surface area contributed by atoms with Gasteiger partial charge in [0.2, 0.25) is 0 Å². The molecule has 0 aliphatic carbocycles. The van der Waals surface area contributed by atoms with Crippen molar-refractivity contribution < 1.29 is 9.18 Å². The van der Waals surface area contributed by atoms with Gasteiger partial charge in [-0.25, -0.2) is 4.39 Å². The number of likely N-dealkylation sites (tertiary alicyclic amines) is 1. The van der Waals surface area contributed by atoms with Gasteiger partial charge in [0, 0.05) is 25.6 Å². The molecule has 0 bridgehead atoms. The van der Waals surface area contributed by atoms with Crippen LogP contribution in [0.5, 0.6) is 0 Å². The molecule has 1 aromatic rings. The van der Waals surface area contributed by atoms with E-state index in [0.29, 0.717) is 18.2 Å². The molecule has 1 aromatic carbocycles. The van der Waals surface area contributed by atoms with E-state index in [4.69, 9.17) is 0 Å². The van der Waals surface area contributed by atoms with Gasteiger partial charge in [-0.2, -0.15) is 0 Å². The Morgan fingerprint density at radius 2 is 2.16 bits per heavy atom. The fourth-order valence-corrected chi connectivity index (χ4v) is 2.54. The van der Waals surface area contributed by atoms with Gasteiger partial charge in [0.1, 0.15) is 5.82 Å². The van der Waals surface area contributed by atoms with Crippen molar-refractivity contribution in [1.29, 1.82) is 0 Å². The second kappa shape index (κ2) is 6.26. The highest BCUT2D eigenvalue weighted by atomic mass is 19.1. The molecular formula is C15H21FN2O. The van der Waals surface area contributed by atoms with Gasteiger partial charge in [-0.15, -0.1) is 0 Å². The Balaban J connectivity index is 1.84. The lowest BCUT2D eigenvalue weighted by Gasteiger charge is -2.19. The molecule has 1 unspecified atom stereocenters. The van der Waals surface area contributed by atoms with E-state index in [1.54, 1.807) is 18.2 Å². The number of likely N-dealkylation sites (N-methyl/N-ethyl adjacent to an activating group) is 1. The van der Waals surface area contributed by atoms with Crippen LogP contribution < -0.4 is 0 Å². The minimum Gasteiger partial charge on any atom is -0.305 e. The molecule has 0 N–H and O–H groups in total. The lowest BCUT2D eigenvalue weighted by atomic mass is 10.1. The highest BCUT2D eigenvalue weighted by Crippen LogP contribution is 2.14. The maximum absolute atomic E-state index is 13.5. The third-order valence-electron chi connectivity index (χ3n) is 3.72. The summed E-state index contributed by atoms with van der Waals surface area (Å²) in [7, 11) is 4.13. The first-order valence-electron chi connectivity index (χ1n) is 6.70. The van der Waals surface area contributed by atoms with Gasteiger partial charge in [-0.05, 0) is 32.1 Å². The fourth-order valence-electron chi connectivity index (χ4n) is 2.54. The van der Waals surface area contributed by atoms with Crippen LogP contribution >= 0.6 is 0 Å². The number of ketones is 1. The van der Waals surface area contributed by atoms with Crippen LogP contribution in [0.3, 0.4) is 0 Å². The molecule has 1 fully saturated rings. The first-order chi connectivity index (χ1) is 9.06. The van der Waals surface area contributed by atoms with E-state index in [-0.39, 0.29) is 18.0 Å². The highest BCUT2D eigenvalue weighted by molar-refractivity contribution is 5.82. The number of benzene rings is 1. The highest BCUT2D eigenvalue weighted by Gasteiger charge is 2.25. The number of rotatable bonds is 5. The molecule has 104 valence electrons. The zero-order valence-corrected chi connectivity index (χ0v) is 11.6. The smallest absolute Gasteiger partial charge is 0.151 e. The van der Waals surface area contributed by atoms with Crippen molar-refractivity contribution >= 4 is 5.78 Å². The predicted molar refractivity (Wildman–Crippen MR) is 73.6 cm³/mol. The van der Waals surface area contributed by atoms with Crippen LogP contribution in [0.1, 0.15) is 12.0 Å². The molecule has 1 aliphatic heterocycles. The molecule has 3 nitrogen and oxygen atoms in total. The Kier molecular flexibility index (Phi) is 4.66. The summed E-state index contributed by atoms with van der Waals surface area (Å²) in [5.74, 6) is -0.201. The van der Waals surface area contributed by atoms with Crippen LogP contribution in [0, 0.1) is 5.82 Å². The van der Waals surface area contributed by atoms with E-state index in [1.165, 1.54) is 6.07 Å². The summed E-state index contributed by atoms with van der Waals surface area (Å²) >= 11 is 0. The van der Waals surface area contributed by atoms with Crippen LogP contribution in [-0.4, -0.2) is 55.4 Å². The van der Waals surface area contributed by atoms with Crippen molar-refractivity contribution in [2.45, 2.75) is 18.9 Å². The van der Waals surface area contributed by atoms with Crippen molar-refractivity contribution in [3.05, 3.63) is 35.6 Å². The SMILES string of the molecule is CN(C)C1CCN(CC(=O)Cc2ccccc2F)C1. The molecule has 0 amide bonds. The third kappa shape index (κ3) is 3.85. The van der Waals surface area contributed by atoms with Crippen molar-refractivity contribution in [1.82, 2.24) is 9.80 Å². The molecular weight excluding hydrogens is 243 g/mol. The summed E-state index contributed by atoms with van der Waals surface area (Å²) in [6.45, 7) is 2.31. The van der Waals surface area contributed by atoms with E-state index in [0.717, 1.165) is 19.5 Å². The zero-order chi connectivity index (χ0) is 13.8. The van der Waals surface area contributed by atoms with Gasteiger partial charge >= 0.3 is 0 Å². The average molecular weight is 264 g/mol. The lowest BCUT2D eigenvalue weighted by molar-refractivity contribution is -0.119. The van der Waals surface area contributed by atoms with Crippen molar-refractivity contribution in [3.8, 4) is 0 Å². The van der Waals surface area contributed by atoms with Crippen LogP contribution in [-0.2, 0) is 11.2 Å². The first kappa shape index (κ1) is 14.2. The Labute approximate surface area is 114 Å². The number of hydrogen-bond acceptors (Lipinski definition) is 3. The summed E-state index contributed by atoms with van der Waals surface area (Å²) in [4.78, 5) is 16.3. The monoisotopic (exact) mass is 264 g/mol. The Hall–Kier alpha value is -1.26. The standard InChI is InChI=1S/C15H21FN2O/c1-17(2)13-7-8-18(10-13)11-14(19)9-12-5-3-4-6-15(12)16/h3-6,13H,7-11H2,1-2H3. The van der Waals surface area contributed by atoms with Gasteiger partial charge in [0.15, 0.2) is 5.78 Å². The molecule has 0 aromatic heterocycles. The minimum absolute atomic E-state index is 0.0875. The predicted octanol–water partition coefficient (Wildman–Crippen LogP) is 1.57. The molecule has 4 heteroatoms. The van der Waals surface area contributed by atoms with Gasteiger partial charge in [-0.1, -0.05) is 18.2 Å². The maximum Gasteiger partial charge on any atom is 0.151 e. The van der Waals surface area contributed by atoms with E-state index >= 15 is 0 Å². The van der Waals surface area contributed by atoms with Crippen LogP contribution in [0.4, 0.5) is 4.39 Å². The van der Waals surface area contributed by atoms with E-state index in [1.807, 2.05) is 0 Å².